The molecule has 1 unspecified atom stereocenters. The molecule has 4 rings (SSSR count). The van der Waals surface area contributed by atoms with Crippen molar-refractivity contribution in [3.8, 4) is 0 Å². The molecular formula is C19H19ClN4O2S. The number of carbonyl (C=O) groups is 1. The van der Waals surface area contributed by atoms with Crippen molar-refractivity contribution in [2.45, 2.75) is 37.5 Å². The third-order valence-electron chi connectivity index (χ3n) is 4.82. The highest BCUT2D eigenvalue weighted by Gasteiger charge is 2.39. The first-order chi connectivity index (χ1) is 12.9. The molecule has 1 amide bonds. The van der Waals surface area contributed by atoms with Crippen LogP contribution in [0.4, 0.5) is 5.13 Å². The van der Waals surface area contributed by atoms with Crippen LogP contribution >= 0.6 is 22.9 Å². The third-order valence-corrected chi connectivity index (χ3v) is 6.09. The number of amides is 1. The van der Waals surface area contributed by atoms with Gasteiger partial charge in [0.05, 0.1) is 10.2 Å². The molecule has 1 fully saturated rings. The Morgan fingerprint density at radius 2 is 2.04 bits per heavy atom. The van der Waals surface area contributed by atoms with Crippen molar-refractivity contribution in [3.05, 3.63) is 53.3 Å². The van der Waals surface area contributed by atoms with Crippen LogP contribution in [-0.4, -0.2) is 33.1 Å². The molecule has 2 aromatic heterocycles. The number of nitrogens with zero attached hydrogens (tertiary/aromatic N) is 2. The van der Waals surface area contributed by atoms with Crippen LogP contribution in [0.5, 0.6) is 0 Å². The highest BCUT2D eigenvalue weighted by atomic mass is 35.5. The third kappa shape index (κ3) is 3.63. The Kier molecular flexibility index (Phi) is 4.75. The molecule has 3 N–H and O–H groups in total. The number of hydrogen-bond donors (Lipinski definition) is 3. The van der Waals surface area contributed by atoms with Crippen LogP contribution in [0.1, 0.15) is 25.3 Å². The maximum atomic E-state index is 12.5. The number of aliphatic hydroxyl groups is 1. The van der Waals surface area contributed by atoms with E-state index in [1.807, 2.05) is 24.3 Å². The largest absolute Gasteiger partial charge is 0.375 e. The Bertz CT molecular complexity index is 952. The van der Waals surface area contributed by atoms with Crippen molar-refractivity contribution in [1.82, 2.24) is 15.3 Å². The number of carbonyl (C=O) groups excluding carboxylic acids is 1. The highest BCUT2D eigenvalue weighted by Crippen LogP contribution is 2.31. The molecule has 3 aromatic rings. The second-order valence-corrected chi connectivity index (χ2v) is 8.27. The number of nitrogens with one attached hydrogen (secondary N) is 2. The van der Waals surface area contributed by atoms with Gasteiger partial charge in [-0.1, -0.05) is 41.1 Å². The van der Waals surface area contributed by atoms with Crippen LogP contribution in [0, 0.1) is 0 Å². The van der Waals surface area contributed by atoms with Crippen molar-refractivity contribution >= 4 is 44.2 Å². The minimum absolute atomic E-state index is 0.00583. The van der Waals surface area contributed by atoms with Gasteiger partial charge in [0.1, 0.15) is 5.15 Å². The fourth-order valence-electron chi connectivity index (χ4n) is 3.16. The van der Waals surface area contributed by atoms with Gasteiger partial charge in [0, 0.05) is 23.8 Å². The van der Waals surface area contributed by atoms with E-state index in [9.17, 15) is 9.90 Å². The van der Waals surface area contributed by atoms with Gasteiger partial charge in [-0.25, -0.2) is 9.97 Å². The summed E-state index contributed by atoms with van der Waals surface area (Å²) in [5.41, 5.74) is -0.442. The molecule has 1 aliphatic carbocycles. The molecule has 1 aromatic carbocycles. The number of fused-ring (bicyclic) bond motifs is 1. The number of benzene rings is 1. The van der Waals surface area contributed by atoms with E-state index < -0.39 is 11.5 Å². The van der Waals surface area contributed by atoms with Crippen LogP contribution in [0.15, 0.2) is 42.6 Å². The van der Waals surface area contributed by atoms with Gasteiger partial charge in [-0.05, 0) is 38.0 Å². The summed E-state index contributed by atoms with van der Waals surface area (Å²) < 4.78 is 1.15. The number of thiazole rings is 1. The lowest BCUT2D eigenvalue weighted by Crippen LogP contribution is -2.54. The van der Waals surface area contributed by atoms with Crippen molar-refractivity contribution < 1.29 is 9.90 Å². The van der Waals surface area contributed by atoms with E-state index in [1.54, 1.807) is 23.5 Å². The number of hydrogen-bond acceptors (Lipinski definition) is 6. The smallest absolute Gasteiger partial charge is 0.256 e. The predicted molar refractivity (Wildman–Crippen MR) is 107 cm³/mol. The van der Waals surface area contributed by atoms with Crippen LogP contribution in [0.3, 0.4) is 0 Å². The van der Waals surface area contributed by atoms with Gasteiger partial charge in [0.25, 0.3) is 5.91 Å². The fraction of sp³-hybridized carbons (Fsp3) is 0.316. The van der Waals surface area contributed by atoms with Gasteiger partial charge in [-0.2, -0.15) is 0 Å². The summed E-state index contributed by atoms with van der Waals surface area (Å²) in [5, 5.41) is 17.9. The van der Waals surface area contributed by atoms with Gasteiger partial charge >= 0.3 is 0 Å². The standard InChI is InChI=1S/C19H19ClN4O2S/c1-19(26,13-5-4-8-21-16(13)20)17(25)22-11-9-12(10-11)23-18-24-14-6-2-3-7-15(14)27-18/h2-8,11-12,26H,9-10H2,1H3,(H,22,25)(H,23,24)/t11-,12-,19?. The van der Waals surface area contributed by atoms with Crippen molar-refractivity contribution in [2.24, 2.45) is 0 Å². The van der Waals surface area contributed by atoms with Gasteiger partial charge in [-0.15, -0.1) is 0 Å². The monoisotopic (exact) mass is 402 g/mol. The summed E-state index contributed by atoms with van der Waals surface area (Å²) in [6.07, 6.45) is 3.07. The fourth-order valence-corrected chi connectivity index (χ4v) is 4.41. The lowest BCUT2D eigenvalue weighted by Gasteiger charge is -2.37. The zero-order chi connectivity index (χ0) is 19.0. The quantitative estimate of drug-likeness (QED) is 0.570. The lowest BCUT2D eigenvalue weighted by molar-refractivity contribution is -0.140. The molecule has 1 atom stereocenters. The molecule has 0 aliphatic heterocycles. The second-order valence-electron chi connectivity index (χ2n) is 6.88. The van der Waals surface area contributed by atoms with E-state index in [1.165, 1.54) is 13.1 Å². The predicted octanol–water partition coefficient (Wildman–Crippen LogP) is 3.31. The molecule has 1 saturated carbocycles. The average Bonchev–Trinajstić information content (AvgIpc) is 3.02. The van der Waals surface area contributed by atoms with Crippen molar-refractivity contribution in [2.75, 3.05) is 5.32 Å². The van der Waals surface area contributed by atoms with E-state index in [2.05, 4.69) is 20.6 Å². The van der Waals surface area contributed by atoms with E-state index in [0.29, 0.717) is 5.56 Å². The summed E-state index contributed by atoms with van der Waals surface area (Å²) in [5.74, 6) is -0.471. The second kappa shape index (κ2) is 7.07. The van der Waals surface area contributed by atoms with E-state index in [0.717, 1.165) is 28.2 Å². The van der Waals surface area contributed by atoms with E-state index >= 15 is 0 Å². The minimum atomic E-state index is -1.73. The van der Waals surface area contributed by atoms with Crippen molar-refractivity contribution in [1.29, 1.82) is 0 Å². The first-order valence-electron chi connectivity index (χ1n) is 8.70. The van der Waals surface area contributed by atoms with E-state index in [4.69, 9.17) is 11.6 Å². The van der Waals surface area contributed by atoms with Crippen LogP contribution in [0.25, 0.3) is 10.2 Å². The van der Waals surface area contributed by atoms with Gasteiger partial charge in [0.2, 0.25) is 0 Å². The summed E-state index contributed by atoms with van der Waals surface area (Å²) in [6, 6.07) is 11.5. The number of anilines is 1. The van der Waals surface area contributed by atoms with Gasteiger partial charge in [-0.3, -0.25) is 4.79 Å². The van der Waals surface area contributed by atoms with E-state index in [-0.39, 0.29) is 17.2 Å². The molecule has 8 heteroatoms. The summed E-state index contributed by atoms with van der Waals surface area (Å²) in [6.45, 7) is 1.43. The molecule has 0 bridgehead atoms. The Labute approximate surface area is 165 Å². The summed E-state index contributed by atoms with van der Waals surface area (Å²) in [4.78, 5) is 21.0. The molecule has 0 spiro atoms. The molecule has 0 radical (unpaired) electrons. The first-order valence-corrected chi connectivity index (χ1v) is 9.89. The zero-order valence-corrected chi connectivity index (χ0v) is 16.2. The number of para-hydroxylation sites is 1. The summed E-state index contributed by atoms with van der Waals surface area (Å²) >= 11 is 7.64. The minimum Gasteiger partial charge on any atom is -0.375 e. The Balaban J connectivity index is 1.33. The number of aromatic nitrogens is 2. The summed E-state index contributed by atoms with van der Waals surface area (Å²) in [7, 11) is 0. The van der Waals surface area contributed by atoms with Crippen molar-refractivity contribution in [3.63, 3.8) is 0 Å². The number of halogens is 1. The Hall–Kier alpha value is -2.22. The lowest BCUT2D eigenvalue weighted by atomic mass is 9.85. The SMILES string of the molecule is CC(O)(C(=O)N[C@H]1C[C@H](Nc2nc3ccccc3s2)C1)c1cccnc1Cl. The number of rotatable bonds is 5. The molecule has 0 saturated heterocycles. The van der Waals surface area contributed by atoms with Gasteiger partial charge in [0.15, 0.2) is 10.7 Å². The molecular weight excluding hydrogens is 384 g/mol. The highest BCUT2D eigenvalue weighted by molar-refractivity contribution is 7.22. The maximum absolute atomic E-state index is 12.5. The molecule has 6 nitrogen and oxygen atoms in total. The Morgan fingerprint density at radius 1 is 1.26 bits per heavy atom. The average molecular weight is 403 g/mol. The maximum Gasteiger partial charge on any atom is 0.256 e. The molecule has 27 heavy (non-hydrogen) atoms. The zero-order valence-electron chi connectivity index (χ0n) is 14.6. The van der Waals surface area contributed by atoms with Crippen LogP contribution in [0.2, 0.25) is 5.15 Å². The van der Waals surface area contributed by atoms with Crippen LogP contribution < -0.4 is 10.6 Å². The topological polar surface area (TPSA) is 87.1 Å². The molecule has 2 heterocycles. The van der Waals surface area contributed by atoms with Crippen LogP contribution in [-0.2, 0) is 10.4 Å². The Morgan fingerprint density at radius 3 is 2.78 bits per heavy atom. The molecule has 1 aliphatic rings. The first kappa shape index (κ1) is 18.2. The molecule has 140 valence electrons. The normalized spacial score (nSPS) is 21.3. The van der Waals surface area contributed by atoms with Gasteiger partial charge < -0.3 is 15.7 Å². The number of pyridine rings is 1.